The van der Waals surface area contributed by atoms with E-state index in [1.807, 2.05) is 20.8 Å². The van der Waals surface area contributed by atoms with E-state index in [-0.39, 0.29) is 11.5 Å². The van der Waals surface area contributed by atoms with E-state index < -0.39 is 5.60 Å². The normalized spacial score (nSPS) is 12.4. The molecule has 3 nitrogen and oxygen atoms in total. The van der Waals surface area contributed by atoms with Gasteiger partial charge in [0.2, 0.25) is 0 Å². The number of alkyl carbamates (subject to hydrolysis) is 1. The van der Waals surface area contributed by atoms with Crippen LogP contribution in [0.25, 0.3) is 0 Å². The summed E-state index contributed by atoms with van der Waals surface area (Å²) >= 11 is 0. The van der Waals surface area contributed by atoms with E-state index in [0.717, 1.165) is 12.8 Å². The minimum atomic E-state index is -0.418. The molecule has 0 radical (unpaired) electrons. The summed E-state index contributed by atoms with van der Waals surface area (Å²) < 4.78 is 5.17. The summed E-state index contributed by atoms with van der Waals surface area (Å²) in [5.41, 5.74) is -0.240. The average Bonchev–Trinajstić information content (AvgIpc) is 2.12. The Bertz CT molecular complexity index is 202. The van der Waals surface area contributed by atoms with Crippen LogP contribution in [-0.4, -0.2) is 18.2 Å². The Morgan fingerprint density at radius 1 is 1.13 bits per heavy atom. The van der Waals surface area contributed by atoms with Gasteiger partial charge >= 0.3 is 6.09 Å². The molecule has 0 unspecified atom stereocenters. The van der Waals surface area contributed by atoms with Crippen LogP contribution in [0.4, 0.5) is 4.79 Å². The third-order valence-corrected chi connectivity index (χ3v) is 2.77. The largest absolute Gasteiger partial charge is 0.444 e. The van der Waals surface area contributed by atoms with Crippen LogP contribution in [0.15, 0.2) is 0 Å². The molecule has 3 heteroatoms. The molecule has 0 atom stereocenters. The first kappa shape index (κ1) is 14.3. The van der Waals surface area contributed by atoms with Gasteiger partial charge in [0.05, 0.1) is 0 Å². The first-order valence-electron chi connectivity index (χ1n) is 5.69. The van der Waals surface area contributed by atoms with Gasteiger partial charge in [-0.05, 0) is 39.0 Å². The van der Waals surface area contributed by atoms with Crippen molar-refractivity contribution < 1.29 is 9.53 Å². The molecule has 15 heavy (non-hydrogen) atoms. The average molecular weight is 215 g/mol. The van der Waals surface area contributed by atoms with Crippen LogP contribution in [-0.2, 0) is 4.74 Å². The lowest BCUT2D eigenvalue weighted by molar-refractivity contribution is 0.0500. The smallest absolute Gasteiger partial charge is 0.407 e. The topological polar surface area (TPSA) is 38.3 Å². The lowest BCUT2D eigenvalue weighted by atomic mass is 9.85. The van der Waals surface area contributed by atoms with Crippen LogP contribution in [0.2, 0.25) is 0 Å². The summed E-state index contributed by atoms with van der Waals surface area (Å²) in [6, 6.07) is 0. The molecule has 1 N–H and O–H groups in total. The summed E-state index contributed by atoms with van der Waals surface area (Å²) in [6.45, 7) is 12.7. The van der Waals surface area contributed by atoms with E-state index >= 15 is 0 Å². The highest BCUT2D eigenvalue weighted by Gasteiger charge is 2.22. The summed E-state index contributed by atoms with van der Waals surface area (Å²) in [7, 11) is 0. The molecule has 0 saturated carbocycles. The molecule has 0 aliphatic rings. The van der Waals surface area contributed by atoms with Crippen molar-refractivity contribution in [1.82, 2.24) is 5.32 Å². The molecule has 0 aromatic heterocycles. The Kier molecular flexibility index (Phi) is 5.12. The first-order chi connectivity index (χ1) is 6.72. The quantitative estimate of drug-likeness (QED) is 0.781. The highest BCUT2D eigenvalue weighted by molar-refractivity contribution is 5.67. The maximum absolute atomic E-state index is 11.4. The fraction of sp³-hybridized carbons (Fsp3) is 0.917. The van der Waals surface area contributed by atoms with Gasteiger partial charge in [-0.15, -0.1) is 0 Å². The second-order valence-electron chi connectivity index (χ2n) is 5.37. The Labute approximate surface area is 93.6 Å². The van der Waals surface area contributed by atoms with E-state index in [1.165, 1.54) is 0 Å². The predicted octanol–water partition coefficient (Wildman–Crippen LogP) is 3.34. The molecule has 0 fully saturated rings. The second kappa shape index (κ2) is 5.38. The van der Waals surface area contributed by atoms with Crippen LogP contribution in [0.1, 0.15) is 54.4 Å². The molecule has 0 aromatic rings. The summed E-state index contributed by atoms with van der Waals surface area (Å²) in [4.78, 5) is 11.4. The summed E-state index contributed by atoms with van der Waals surface area (Å²) in [5.74, 6) is 0. The molecule has 0 saturated heterocycles. The molecular formula is C12H25NO2. The van der Waals surface area contributed by atoms with Gasteiger partial charge in [0.25, 0.3) is 0 Å². The van der Waals surface area contributed by atoms with Crippen molar-refractivity contribution in [2.75, 3.05) is 6.54 Å². The van der Waals surface area contributed by atoms with E-state index in [2.05, 4.69) is 26.1 Å². The maximum Gasteiger partial charge on any atom is 0.407 e. The van der Waals surface area contributed by atoms with Gasteiger partial charge in [-0.25, -0.2) is 4.79 Å². The van der Waals surface area contributed by atoms with Crippen molar-refractivity contribution in [3.05, 3.63) is 0 Å². The molecule has 0 heterocycles. The number of hydrogen-bond acceptors (Lipinski definition) is 2. The van der Waals surface area contributed by atoms with Crippen molar-refractivity contribution in [2.45, 2.75) is 60.0 Å². The van der Waals surface area contributed by atoms with Crippen molar-refractivity contribution in [3.8, 4) is 0 Å². The molecule has 0 rings (SSSR count). The van der Waals surface area contributed by atoms with Crippen LogP contribution in [0.3, 0.4) is 0 Å². The fourth-order valence-electron chi connectivity index (χ4n) is 1.10. The van der Waals surface area contributed by atoms with Crippen LogP contribution < -0.4 is 5.32 Å². The summed E-state index contributed by atoms with van der Waals surface area (Å²) in [6.07, 6.45) is 1.79. The van der Waals surface area contributed by atoms with Gasteiger partial charge in [0.1, 0.15) is 5.60 Å². The van der Waals surface area contributed by atoms with Crippen molar-refractivity contribution in [2.24, 2.45) is 5.41 Å². The van der Waals surface area contributed by atoms with Gasteiger partial charge in [0, 0.05) is 6.54 Å². The minimum absolute atomic E-state index is 0.177. The number of carbonyl (C=O) groups is 1. The molecular weight excluding hydrogens is 190 g/mol. The van der Waals surface area contributed by atoms with E-state index in [1.54, 1.807) is 0 Å². The molecule has 1 amide bonds. The number of carbonyl (C=O) groups excluding carboxylic acids is 1. The van der Waals surface area contributed by atoms with Gasteiger partial charge in [-0.3, -0.25) is 0 Å². The van der Waals surface area contributed by atoms with E-state index in [4.69, 9.17) is 4.74 Å². The molecule has 0 aromatic carbocycles. The lowest BCUT2D eigenvalue weighted by Crippen LogP contribution is -2.38. The van der Waals surface area contributed by atoms with Crippen LogP contribution in [0.5, 0.6) is 0 Å². The third-order valence-electron chi connectivity index (χ3n) is 2.77. The van der Waals surface area contributed by atoms with Gasteiger partial charge < -0.3 is 10.1 Å². The zero-order valence-corrected chi connectivity index (χ0v) is 10.9. The maximum atomic E-state index is 11.4. The van der Waals surface area contributed by atoms with E-state index in [0.29, 0.717) is 6.54 Å². The molecule has 0 bridgehead atoms. The van der Waals surface area contributed by atoms with Crippen molar-refractivity contribution in [1.29, 1.82) is 0 Å². The van der Waals surface area contributed by atoms with Crippen molar-refractivity contribution >= 4 is 6.09 Å². The molecule has 0 aliphatic carbocycles. The number of ether oxygens (including phenoxy) is 1. The molecule has 0 spiro atoms. The molecule has 90 valence electrons. The van der Waals surface area contributed by atoms with E-state index in [9.17, 15) is 4.79 Å². The predicted molar refractivity (Wildman–Crippen MR) is 62.9 cm³/mol. The second-order valence-corrected chi connectivity index (χ2v) is 5.37. The zero-order chi connectivity index (χ0) is 12.1. The lowest BCUT2D eigenvalue weighted by Gasteiger charge is -2.28. The highest BCUT2D eigenvalue weighted by Crippen LogP contribution is 2.23. The Morgan fingerprint density at radius 2 is 1.60 bits per heavy atom. The number of amides is 1. The van der Waals surface area contributed by atoms with Gasteiger partial charge in [-0.2, -0.15) is 0 Å². The minimum Gasteiger partial charge on any atom is -0.444 e. The summed E-state index contributed by atoms with van der Waals surface area (Å²) in [5, 5.41) is 2.82. The Hall–Kier alpha value is -0.730. The number of rotatable bonds is 4. The SMILES string of the molecule is CCC(C)(CC)CNC(=O)OC(C)(C)C. The van der Waals surface area contributed by atoms with Crippen molar-refractivity contribution in [3.63, 3.8) is 0 Å². The fourth-order valence-corrected chi connectivity index (χ4v) is 1.10. The first-order valence-corrected chi connectivity index (χ1v) is 5.69. The van der Waals surface area contributed by atoms with Crippen LogP contribution >= 0.6 is 0 Å². The Morgan fingerprint density at radius 3 is 1.93 bits per heavy atom. The third kappa shape index (κ3) is 6.37. The number of nitrogens with one attached hydrogen (secondary N) is 1. The Balaban J connectivity index is 4.00. The standard InChI is InChI=1S/C12H25NO2/c1-7-12(6,8-2)9-13-10(14)15-11(3,4)5/h7-9H2,1-6H3,(H,13,14). The zero-order valence-electron chi connectivity index (χ0n) is 10.9. The van der Waals surface area contributed by atoms with Gasteiger partial charge in [-0.1, -0.05) is 20.8 Å². The van der Waals surface area contributed by atoms with Crippen LogP contribution in [0, 0.1) is 5.41 Å². The monoisotopic (exact) mass is 215 g/mol. The molecule has 0 aliphatic heterocycles. The number of hydrogen-bond donors (Lipinski definition) is 1. The highest BCUT2D eigenvalue weighted by atomic mass is 16.6. The van der Waals surface area contributed by atoms with Gasteiger partial charge in [0.15, 0.2) is 0 Å².